The van der Waals surface area contributed by atoms with Gasteiger partial charge in [0.2, 0.25) is 0 Å². The second kappa shape index (κ2) is 7.17. The van der Waals surface area contributed by atoms with Crippen molar-refractivity contribution in [2.45, 2.75) is 46.1 Å². The quantitative estimate of drug-likeness (QED) is 0.911. The summed E-state index contributed by atoms with van der Waals surface area (Å²) < 4.78 is 5.52. The number of anilines is 1. The third kappa shape index (κ3) is 3.70. The van der Waals surface area contributed by atoms with Crippen LogP contribution < -0.4 is 15.4 Å². The standard InChI is InChI=1S/C18H30N2O/c1-13(2)15-7-6-11-20(12-10-15)16-8-5-9-17(21-4)18(16)14(3)19/h5,8-9,13-15H,6-7,10-12,19H2,1-4H3/t14-,15?/m1/s1. The fourth-order valence-electron chi connectivity index (χ4n) is 3.47. The van der Waals surface area contributed by atoms with Gasteiger partial charge in [-0.3, -0.25) is 0 Å². The molecule has 3 heteroatoms. The number of rotatable bonds is 4. The van der Waals surface area contributed by atoms with E-state index < -0.39 is 0 Å². The Labute approximate surface area is 129 Å². The summed E-state index contributed by atoms with van der Waals surface area (Å²) in [5, 5.41) is 0. The van der Waals surface area contributed by atoms with Gasteiger partial charge in [0.05, 0.1) is 7.11 Å². The van der Waals surface area contributed by atoms with Crippen LogP contribution in [0.1, 0.15) is 51.6 Å². The van der Waals surface area contributed by atoms with Gasteiger partial charge in [-0.05, 0) is 50.2 Å². The molecule has 1 unspecified atom stereocenters. The number of nitrogens with zero attached hydrogens (tertiary/aromatic N) is 1. The molecule has 1 aromatic rings. The molecule has 0 radical (unpaired) electrons. The Morgan fingerprint density at radius 2 is 1.95 bits per heavy atom. The van der Waals surface area contributed by atoms with E-state index in [4.69, 9.17) is 10.5 Å². The predicted octanol–water partition coefficient (Wildman–Crippen LogP) is 3.98. The highest BCUT2D eigenvalue weighted by atomic mass is 16.5. The highest BCUT2D eigenvalue weighted by Gasteiger charge is 2.23. The molecule has 0 aromatic heterocycles. The summed E-state index contributed by atoms with van der Waals surface area (Å²) in [7, 11) is 1.72. The van der Waals surface area contributed by atoms with E-state index in [1.807, 2.05) is 13.0 Å². The molecule has 0 spiro atoms. The molecule has 0 aliphatic carbocycles. The van der Waals surface area contributed by atoms with E-state index in [0.29, 0.717) is 0 Å². The normalized spacial score (nSPS) is 21.2. The van der Waals surface area contributed by atoms with Crippen molar-refractivity contribution < 1.29 is 4.74 Å². The number of hydrogen-bond donors (Lipinski definition) is 1. The van der Waals surface area contributed by atoms with Gasteiger partial charge in [-0.2, -0.15) is 0 Å². The molecule has 1 aliphatic rings. The number of ether oxygens (including phenoxy) is 1. The lowest BCUT2D eigenvalue weighted by molar-refractivity contribution is 0.351. The van der Waals surface area contributed by atoms with Gasteiger partial charge in [0.15, 0.2) is 0 Å². The molecule has 2 atom stereocenters. The zero-order chi connectivity index (χ0) is 15.4. The largest absolute Gasteiger partial charge is 0.496 e. The molecule has 0 bridgehead atoms. The molecule has 3 nitrogen and oxygen atoms in total. The Morgan fingerprint density at radius 3 is 2.57 bits per heavy atom. The van der Waals surface area contributed by atoms with E-state index in [1.54, 1.807) is 7.11 Å². The molecule has 21 heavy (non-hydrogen) atoms. The monoisotopic (exact) mass is 290 g/mol. The highest BCUT2D eigenvalue weighted by molar-refractivity contribution is 5.60. The van der Waals surface area contributed by atoms with Gasteiger partial charge >= 0.3 is 0 Å². The minimum atomic E-state index is -0.0136. The van der Waals surface area contributed by atoms with E-state index in [2.05, 4.69) is 30.9 Å². The first kappa shape index (κ1) is 16.2. The molecular weight excluding hydrogens is 260 g/mol. The average Bonchev–Trinajstić information content (AvgIpc) is 2.72. The second-order valence-corrected chi connectivity index (χ2v) is 6.60. The van der Waals surface area contributed by atoms with E-state index in [1.165, 1.54) is 24.9 Å². The SMILES string of the molecule is COc1cccc(N2CCCC(C(C)C)CC2)c1[C@@H](C)N. The maximum Gasteiger partial charge on any atom is 0.125 e. The van der Waals surface area contributed by atoms with Crippen LogP contribution in [-0.2, 0) is 0 Å². The van der Waals surface area contributed by atoms with Crippen molar-refractivity contribution in [3.63, 3.8) is 0 Å². The van der Waals surface area contributed by atoms with E-state index in [-0.39, 0.29) is 6.04 Å². The van der Waals surface area contributed by atoms with Gasteiger partial charge in [0.25, 0.3) is 0 Å². The summed E-state index contributed by atoms with van der Waals surface area (Å²) >= 11 is 0. The first-order valence-electron chi connectivity index (χ1n) is 8.22. The van der Waals surface area contributed by atoms with E-state index in [9.17, 15) is 0 Å². The molecule has 0 amide bonds. The summed E-state index contributed by atoms with van der Waals surface area (Å²) in [5.41, 5.74) is 8.61. The first-order chi connectivity index (χ1) is 10.0. The van der Waals surface area contributed by atoms with Gasteiger partial charge in [0, 0.05) is 30.4 Å². The van der Waals surface area contributed by atoms with Crippen LogP contribution in [0.5, 0.6) is 5.75 Å². The molecule has 2 N–H and O–H groups in total. The van der Waals surface area contributed by atoms with Crippen LogP contribution in [0.4, 0.5) is 5.69 Å². The summed E-state index contributed by atoms with van der Waals surface area (Å²) in [6.45, 7) is 8.97. The number of benzene rings is 1. The summed E-state index contributed by atoms with van der Waals surface area (Å²) in [6, 6.07) is 6.26. The Balaban J connectivity index is 2.25. The van der Waals surface area contributed by atoms with Crippen LogP contribution >= 0.6 is 0 Å². The topological polar surface area (TPSA) is 38.5 Å². The lowest BCUT2D eigenvalue weighted by Gasteiger charge is -2.28. The summed E-state index contributed by atoms with van der Waals surface area (Å²) in [5.74, 6) is 2.54. The zero-order valence-electron chi connectivity index (χ0n) is 13.9. The van der Waals surface area contributed by atoms with Crippen molar-refractivity contribution in [1.82, 2.24) is 0 Å². The molecule has 1 aliphatic heterocycles. The maximum absolute atomic E-state index is 6.21. The van der Waals surface area contributed by atoms with Crippen LogP contribution in [0.25, 0.3) is 0 Å². The van der Waals surface area contributed by atoms with Gasteiger partial charge in [-0.15, -0.1) is 0 Å². The lowest BCUT2D eigenvalue weighted by Crippen LogP contribution is -2.27. The summed E-state index contributed by atoms with van der Waals surface area (Å²) in [6.07, 6.45) is 3.87. The Hall–Kier alpha value is -1.22. The molecule has 1 saturated heterocycles. The maximum atomic E-state index is 6.21. The minimum absolute atomic E-state index is 0.0136. The summed E-state index contributed by atoms with van der Waals surface area (Å²) in [4.78, 5) is 2.50. The van der Waals surface area contributed by atoms with E-state index in [0.717, 1.165) is 36.2 Å². The minimum Gasteiger partial charge on any atom is -0.496 e. The molecule has 1 fully saturated rings. The van der Waals surface area contributed by atoms with Gasteiger partial charge in [-0.25, -0.2) is 0 Å². The van der Waals surface area contributed by atoms with Crippen LogP contribution in [0.3, 0.4) is 0 Å². The Bertz CT molecular complexity index is 457. The van der Waals surface area contributed by atoms with E-state index >= 15 is 0 Å². The zero-order valence-corrected chi connectivity index (χ0v) is 13.9. The number of nitrogens with two attached hydrogens (primary N) is 1. The number of hydrogen-bond acceptors (Lipinski definition) is 3. The third-order valence-corrected chi connectivity index (χ3v) is 4.77. The van der Waals surface area contributed by atoms with Gasteiger partial charge in [0.1, 0.15) is 5.75 Å². The second-order valence-electron chi connectivity index (χ2n) is 6.60. The van der Waals surface area contributed by atoms with Crippen molar-refractivity contribution in [2.24, 2.45) is 17.6 Å². The van der Waals surface area contributed by atoms with Crippen LogP contribution in [0.2, 0.25) is 0 Å². The fourth-order valence-corrected chi connectivity index (χ4v) is 3.47. The molecular formula is C18H30N2O. The molecule has 1 aromatic carbocycles. The molecule has 1 heterocycles. The van der Waals surface area contributed by atoms with Crippen molar-refractivity contribution in [1.29, 1.82) is 0 Å². The Morgan fingerprint density at radius 1 is 1.19 bits per heavy atom. The lowest BCUT2D eigenvalue weighted by atomic mass is 9.89. The van der Waals surface area contributed by atoms with Crippen molar-refractivity contribution in [3.8, 4) is 5.75 Å². The van der Waals surface area contributed by atoms with Crippen LogP contribution in [0.15, 0.2) is 18.2 Å². The van der Waals surface area contributed by atoms with Gasteiger partial charge < -0.3 is 15.4 Å². The molecule has 2 rings (SSSR count). The van der Waals surface area contributed by atoms with Crippen LogP contribution in [-0.4, -0.2) is 20.2 Å². The average molecular weight is 290 g/mol. The van der Waals surface area contributed by atoms with Crippen molar-refractivity contribution >= 4 is 5.69 Å². The fraction of sp³-hybridized carbons (Fsp3) is 0.667. The number of methoxy groups -OCH3 is 1. The van der Waals surface area contributed by atoms with Crippen LogP contribution in [0, 0.1) is 11.8 Å². The third-order valence-electron chi connectivity index (χ3n) is 4.77. The molecule has 0 saturated carbocycles. The Kier molecular flexibility index (Phi) is 5.51. The highest BCUT2D eigenvalue weighted by Crippen LogP contribution is 2.35. The first-order valence-corrected chi connectivity index (χ1v) is 8.22. The smallest absolute Gasteiger partial charge is 0.125 e. The molecule has 118 valence electrons. The predicted molar refractivity (Wildman–Crippen MR) is 90.0 cm³/mol. The van der Waals surface area contributed by atoms with Crippen molar-refractivity contribution in [2.75, 3.05) is 25.1 Å². The van der Waals surface area contributed by atoms with Crippen molar-refractivity contribution in [3.05, 3.63) is 23.8 Å². The van der Waals surface area contributed by atoms with Gasteiger partial charge in [-0.1, -0.05) is 19.9 Å².